The van der Waals surface area contributed by atoms with Gasteiger partial charge in [-0.1, -0.05) is 0 Å². The van der Waals surface area contributed by atoms with Gasteiger partial charge in [-0.3, -0.25) is 0 Å². The van der Waals surface area contributed by atoms with Crippen LogP contribution in [-0.2, 0) is 0 Å². The normalized spacial score (nSPS) is 13.1. The minimum atomic E-state index is 0.112. The lowest BCUT2D eigenvalue weighted by Crippen LogP contribution is -1.98. The van der Waals surface area contributed by atoms with Crippen molar-refractivity contribution in [1.82, 2.24) is 15.2 Å². The summed E-state index contributed by atoms with van der Waals surface area (Å²) in [5.41, 5.74) is 1.75. The first-order chi connectivity index (χ1) is 4.72. The zero-order chi connectivity index (χ0) is 7.56. The fourth-order valence-electron chi connectivity index (χ4n) is 0.725. The van der Waals surface area contributed by atoms with Gasteiger partial charge in [-0.15, -0.1) is 5.10 Å². The lowest BCUT2D eigenvalue weighted by atomic mass is 10.3. The Balaban J connectivity index is 3.03. The molecule has 1 aromatic rings. The molecule has 0 aliphatic heterocycles. The van der Waals surface area contributed by atoms with Gasteiger partial charge in [0.1, 0.15) is 6.33 Å². The summed E-state index contributed by atoms with van der Waals surface area (Å²) in [6.07, 6.45) is 1.44. The second kappa shape index (κ2) is 2.96. The molecule has 0 saturated heterocycles. The van der Waals surface area contributed by atoms with E-state index in [2.05, 4.69) is 27.8 Å². The average Bonchev–Trinajstić information content (AvgIpc) is 1.88. The monoisotopic (exact) mass is 155 g/mol. The highest BCUT2D eigenvalue weighted by Gasteiger charge is 2.05. The minimum absolute atomic E-state index is 0.112. The number of aryl methyl sites for hydroxylation is 1. The van der Waals surface area contributed by atoms with Crippen molar-refractivity contribution < 1.29 is 0 Å². The molecule has 0 radical (unpaired) electrons. The van der Waals surface area contributed by atoms with Gasteiger partial charge in [0, 0.05) is 5.25 Å². The van der Waals surface area contributed by atoms with E-state index in [0.29, 0.717) is 0 Å². The standard InChI is InChI=1S/C6H9N3S/c1-4-6(5(2)10)9-8-3-7-4/h3,5,10H,1-2H3. The van der Waals surface area contributed by atoms with Crippen LogP contribution < -0.4 is 0 Å². The number of hydrogen-bond donors (Lipinski definition) is 1. The molecule has 54 valence electrons. The van der Waals surface area contributed by atoms with Crippen molar-refractivity contribution in [3.05, 3.63) is 17.7 Å². The molecule has 1 aromatic heterocycles. The number of aromatic nitrogens is 3. The molecule has 0 spiro atoms. The fourth-order valence-corrected chi connectivity index (χ4v) is 0.963. The summed E-state index contributed by atoms with van der Waals surface area (Å²) >= 11 is 4.21. The summed E-state index contributed by atoms with van der Waals surface area (Å²) in [5, 5.41) is 7.66. The molecule has 0 N–H and O–H groups in total. The zero-order valence-electron chi connectivity index (χ0n) is 5.94. The van der Waals surface area contributed by atoms with Crippen LogP contribution in [0.3, 0.4) is 0 Å². The predicted octanol–water partition coefficient (Wildman–Crippen LogP) is 1.17. The van der Waals surface area contributed by atoms with E-state index in [0.717, 1.165) is 11.4 Å². The van der Waals surface area contributed by atoms with Gasteiger partial charge in [-0.05, 0) is 13.8 Å². The maximum Gasteiger partial charge on any atom is 0.138 e. The van der Waals surface area contributed by atoms with Crippen LogP contribution in [0.4, 0.5) is 0 Å². The molecule has 0 aliphatic rings. The summed E-state index contributed by atoms with van der Waals surface area (Å²) in [5.74, 6) is 0. The Labute approximate surface area is 65.3 Å². The molecule has 0 saturated carbocycles. The first-order valence-electron chi connectivity index (χ1n) is 3.04. The Morgan fingerprint density at radius 3 is 2.70 bits per heavy atom. The van der Waals surface area contributed by atoms with Crippen molar-refractivity contribution in [2.45, 2.75) is 19.1 Å². The van der Waals surface area contributed by atoms with Gasteiger partial charge in [0.15, 0.2) is 0 Å². The van der Waals surface area contributed by atoms with Crippen LogP contribution in [0.5, 0.6) is 0 Å². The Hall–Kier alpha value is -0.640. The van der Waals surface area contributed by atoms with E-state index in [9.17, 15) is 0 Å². The van der Waals surface area contributed by atoms with Crippen LogP contribution in [0.15, 0.2) is 6.33 Å². The third-order valence-corrected chi connectivity index (χ3v) is 1.48. The molecule has 0 bridgehead atoms. The Morgan fingerprint density at radius 1 is 1.60 bits per heavy atom. The molecule has 1 rings (SSSR count). The highest BCUT2D eigenvalue weighted by Crippen LogP contribution is 2.16. The minimum Gasteiger partial charge on any atom is -0.238 e. The molecule has 0 aromatic carbocycles. The van der Waals surface area contributed by atoms with E-state index < -0.39 is 0 Å². The van der Waals surface area contributed by atoms with E-state index in [4.69, 9.17) is 0 Å². The summed E-state index contributed by atoms with van der Waals surface area (Å²) in [4.78, 5) is 3.98. The van der Waals surface area contributed by atoms with Gasteiger partial charge in [-0.25, -0.2) is 4.98 Å². The maximum atomic E-state index is 4.21. The summed E-state index contributed by atoms with van der Waals surface area (Å²) < 4.78 is 0. The molecular formula is C6H9N3S. The molecule has 4 heteroatoms. The van der Waals surface area contributed by atoms with Crippen LogP contribution in [0.25, 0.3) is 0 Å². The molecule has 0 fully saturated rings. The van der Waals surface area contributed by atoms with E-state index in [1.807, 2.05) is 13.8 Å². The Morgan fingerprint density at radius 2 is 2.30 bits per heavy atom. The van der Waals surface area contributed by atoms with Gasteiger partial charge in [-0.2, -0.15) is 17.7 Å². The molecule has 1 unspecified atom stereocenters. The van der Waals surface area contributed by atoms with Crippen LogP contribution in [0, 0.1) is 6.92 Å². The van der Waals surface area contributed by atoms with Gasteiger partial charge < -0.3 is 0 Å². The smallest absolute Gasteiger partial charge is 0.138 e. The molecule has 3 nitrogen and oxygen atoms in total. The van der Waals surface area contributed by atoms with E-state index in [1.165, 1.54) is 6.33 Å². The van der Waals surface area contributed by atoms with E-state index >= 15 is 0 Å². The van der Waals surface area contributed by atoms with Gasteiger partial charge in [0.05, 0.1) is 11.4 Å². The number of rotatable bonds is 1. The Bertz CT molecular complexity index is 224. The first kappa shape index (κ1) is 7.47. The largest absolute Gasteiger partial charge is 0.238 e. The van der Waals surface area contributed by atoms with E-state index in [1.54, 1.807) is 0 Å². The van der Waals surface area contributed by atoms with Crippen molar-refractivity contribution in [2.75, 3.05) is 0 Å². The van der Waals surface area contributed by atoms with Crippen molar-refractivity contribution in [1.29, 1.82) is 0 Å². The van der Waals surface area contributed by atoms with Crippen LogP contribution in [0.2, 0.25) is 0 Å². The molecular weight excluding hydrogens is 146 g/mol. The second-order valence-electron chi connectivity index (χ2n) is 2.11. The van der Waals surface area contributed by atoms with Gasteiger partial charge >= 0.3 is 0 Å². The average molecular weight is 155 g/mol. The topological polar surface area (TPSA) is 38.7 Å². The summed E-state index contributed by atoms with van der Waals surface area (Å²) in [6, 6.07) is 0. The predicted molar refractivity (Wildman–Crippen MR) is 42.0 cm³/mol. The number of nitrogens with zero attached hydrogens (tertiary/aromatic N) is 3. The van der Waals surface area contributed by atoms with Crippen LogP contribution in [-0.4, -0.2) is 15.2 Å². The third-order valence-electron chi connectivity index (χ3n) is 1.23. The Kier molecular flexibility index (Phi) is 2.21. The number of hydrogen-bond acceptors (Lipinski definition) is 4. The van der Waals surface area contributed by atoms with Crippen LogP contribution >= 0.6 is 12.6 Å². The fraction of sp³-hybridized carbons (Fsp3) is 0.500. The third kappa shape index (κ3) is 1.44. The highest BCUT2D eigenvalue weighted by molar-refractivity contribution is 7.80. The molecule has 10 heavy (non-hydrogen) atoms. The van der Waals surface area contributed by atoms with E-state index in [-0.39, 0.29) is 5.25 Å². The first-order valence-corrected chi connectivity index (χ1v) is 3.55. The van der Waals surface area contributed by atoms with Gasteiger partial charge in [0.25, 0.3) is 0 Å². The van der Waals surface area contributed by atoms with Gasteiger partial charge in [0.2, 0.25) is 0 Å². The SMILES string of the molecule is Cc1ncnnc1C(C)S. The lowest BCUT2D eigenvalue weighted by molar-refractivity contribution is 0.842. The molecule has 1 atom stereocenters. The molecule has 1 heterocycles. The van der Waals surface area contributed by atoms with Crippen molar-refractivity contribution in [2.24, 2.45) is 0 Å². The highest BCUT2D eigenvalue weighted by atomic mass is 32.1. The summed E-state index contributed by atoms with van der Waals surface area (Å²) in [6.45, 7) is 3.85. The zero-order valence-corrected chi connectivity index (χ0v) is 6.84. The summed E-state index contributed by atoms with van der Waals surface area (Å²) in [7, 11) is 0. The number of thiol groups is 1. The lowest BCUT2D eigenvalue weighted by Gasteiger charge is -2.02. The van der Waals surface area contributed by atoms with Crippen molar-refractivity contribution >= 4 is 12.6 Å². The van der Waals surface area contributed by atoms with Crippen molar-refractivity contribution in [3.63, 3.8) is 0 Å². The second-order valence-corrected chi connectivity index (χ2v) is 2.88. The quantitative estimate of drug-likeness (QED) is 0.619. The van der Waals surface area contributed by atoms with Crippen molar-refractivity contribution in [3.8, 4) is 0 Å². The molecule has 0 amide bonds. The maximum absolute atomic E-state index is 4.21. The van der Waals surface area contributed by atoms with Crippen LogP contribution in [0.1, 0.15) is 23.6 Å². The molecule has 0 aliphatic carbocycles.